The molecule has 0 amide bonds. The minimum Gasteiger partial charge on any atom is -0.294 e. The minimum absolute atomic E-state index is 0.201. The molecule has 0 saturated heterocycles. The zero-order valence-electron chi connectivity index (χ0n) is 8.72. The Bertz CT molecular complexity index is 301. The van der Waals surface area contributed by atoms with E-state index in [1.807, 2.05) is 52.0 Å². The molecule has 0 atom stereocenters. The van der Waals surface area contributed by atoms with E-state index in [4.69, 9.17) is 0 Å². The van der Waals surface area contributed by atoms with E-state index in [0.29, 0.717) is 0 Å². The lowest BCUT2D eigenvalue weighted by atomic mass is 9.86. The minimum atomic E-state index is -0.282. The number of hydrogen-bond donors (Lipinski definition) is 0. The van der Waals surface area contributed by atoms with E-state index in [-0.39, 0.29) is 11.2 Å². The second kappa shape index (κ2) is 3.33. The maximum atomic E-state index is 11.8. The number of aryl methyl sites for hydroxylation is 1. The highest BCUT2D eigenvalue weighted by molar-refractivity contribution is 5.99. The number of carbonyl (C=O) groups is 1. The first-order valence-corrected chi connectivity index (χ1v) is 4.53. The van der Waals surface area contributed by atoms with Crippen molar-refractivity contribution < 1.29 is 4.79 Å². The van der Waals surface area contributed by atoms with Crippen LogP contribution in [0.25, 0.3) is 0 Å². The Morgan fingerprint density at radius 3 is 1.92 bits per heavy atom. The quantitative estimate of drug-likeness (QED) is 0.600. The Morgan fingerprint density at radius 2 is 1.54 bits per heavy atom. The normalized spacial score (nSPS) is 11.4. The Balaban J connectivity index is 2.97. The highest BCUT2D eigenvalue weighted by atomic mass is 16.1. The number of Topliss-reactive ketones (excluding diaryl/α,β-unsaturated/α-hetero) is 1. The predicted molar refractivity (Wildman–Crippen MR) is 55.0 cm³/mol. The molecule has 0 bridgehead atoms. The van der Waals surface area contributed by atoms with Crippen LogP contribution in [0.15, 0.2) is 24.3 Å². The number of carbonyl (C=O) groups excluding carboxylic acids is 1. The third-order valence-electron chi connectivity index (χ3n) is 1.99. The van der Waals surface area contributed by atoms with Crippen LogP contribution in [0.4, 0.5) is 0 Å². The van der Waals surface area contributed by atoms with Crippen LogP contribution in [0.1, 0.15) is 36.7 Å². The summed E-state index contributed by atoms with van der Waals surface area (Å²) in [6.07, 6.45) is 0. The van der Waals surface area contributed by atoms with Gasteiger partial charge in [-0.25, -0.2) is 0 Å². The lowest BCUT2D eigenvalue weighted by Crippen LogP contribution is -2.19. The van der Waals surface area contributed by atoms with Crippen LogP contribution in [0.2, 0.25) is 0 Å². The van der Waals surface area contributed by atoms with Crippen LogP contribution in [0.3, 0.4) is 0 Å². The average Bonchev–Trinajstić information content (AvgIpc) is 2.03. The van der Waals surface area contributed by atoms with Crippen LogP contribution in [-0.4, -0.2) is 5.78 Å². The molecule has 0 aliphatic heterocycles. The lowest BCUT2D eigenvalue weighted by Gasteiger charge is -2.16. The number of benzene rings is 1. The SMILES string of the molecule is Cc1ccc(C(=O)C(C)(C)C)cc1. The monoisotopic (exact) mass is 176 g/mol. The zero-order chi connectivity index (χ0) is 10.1. The van der Waals surface area contributed by atoms with Crippen LogP contribution in [-0.2, 0) is 0 Å². The molecule has 70 valence electrons. The van der Waals surface area contributed by atoms with Crippen molar-refractivity contribution in [2.75, 3.05) is 0 Å². The second-order valence-electron chi connectivity index (χ2n) is 4.45. The first-order chi connectivity index (χ1) is 5.91. The number of ketones is 1. The van der Waals surface area contributed by atoms with Gasteiger partial charge in [0.1, 0.15) is 0 Å². The van der Waals surface area contributed by atoms with Crippen LogP contribution >= 0.6 is 0 Å². The second-order valence-corrected chi connectivity index (χ2v) is 4.45. The van der Waals surface area contributed by atoms with Crippen molar-refractivity contribution in [3.8, 4) is 0 Å². The van der Waals surface area contributed by atoms with Gasteiger partial charge in [0.25, 0.3) is 0 Å². The molecule has 0 N–H and O–H groups in total. The van der Waals surface area contributed by atoms with Crippen molar-refractivity contribution in [1.82, 2.24) is 0 Å². The standard InChI is InChI=1S/C12H16O/c1-9-5-7-10(8-6-9)11(13)12(2,3)4/h5-8H,1-4H3. The van der Waals surface area contributed by atoms with Crippen molar-refractivity contribution in [3.05, 3.63) is 35.4 Å². The fraction of sp³-hybridized carbons (Fsp3) is 0.417. The average molecular weight is 176 g/mol. The third kappa shape index (κ3) is 2.41. The van der Waals surface area contributed by atoms with Gasteiger partial charge >= 0.3 is 0 Å². The summed E-state index contributed by atoms with van der Waals surface area (Å²) < 4.78 is 0. The Hall–Kier alpha value is -1.11. The largest absolute Gasteiger partial charge is 0.294 e. The van der Waals surface area contributed by atoms with Gasteiger partial charge in [-0.1, -0.05) is 50.6 Å². The molecule has 0 fully saturated rings. The van der Waals surface area contributed by atoms with Crippen molar-refractivity contribution in [3.63, 3.8) is 0 Å². The third-order valence-corrected chi connectivity index (χ3v) is 1.99. The fourth-order valence-corrected chi connectivity index (χ4v) is 1.14. The van der Waals surface area contributed by atoms with Gasteiger partial charge in [-0.05, 0) is 6.92 Å². The molecule has 0 saturated carbocycles. The number of rotatable bonds is 1. The molecule has 1 rings (SSSR count). The van der Waals surface area contributed by atoms with E-state index >= 15 is 0 Å². The molecule has 0 radical (unpaired) electrons. The van der Waals surface area contributed by atoms with E-state index in [9.17, 15) is 4.79 Å². The first-order valence-electron chi connectivity index (χ1n) is 4.53. The zero-order valence-corrected chi connectivity index (χ0v) is 8.72. The van der Waals surface area contributed by atoms with Crippen molar-refractivity contribution in [2.24, 2.45) is 5.41 Å². The van der Waals surface area contributed by atoms with E-state index in [1.54, 1.807) is 0 Å². The van der Waals surface area contributed by atoms with Gasteiger partial charge in [-0.3, -0.25) is 4.79 Å². The van der Waals surface area contributed by atoms with Gasteiger partial charge in [-0.2, -0.15) is 0 Å². The van der Waals surface area contributed by atoms with Gasteiger partial charge in [0, 0.05) is 11.0 Å². The Labute approximate surface area is 79.8 Å². The van der Waals surface area contributed by atoms with E-state index in [0.717, 1.165) is 5.56 Å². The van der Waals surface area contributed by atoms with Gasteiger partial charge in [0.15, 0.2) is 5.78 Å². The summed E-state index contributed by atoms with van der Waals surface area (Å²) in [5.74, 6) is 0.201. The Kier molecular flexibility index (Phi) is 2.55. The summed E-state index contributed by atoms with van der Waals surface area (Å²) in [5, 5.41) is 0. The Morgan fingerprint density at radius 1 is 1.08 bits per heavy atom. The summed E-state index contributed by atoms with van der Waals surface area (Å²) in [6, 6.07) is 7.73. The molecule has 0 aliphatic rings. The molecule has 0 aliphatic carbocycles. The first kappa shape index (κ1) is 9.97. The maximum absolute atomic E-state index is 11.8. The van der Waals surface area contributed by atoms with Gasteiger partial charge < -0.3 is 0 Å². The fourth-order valence-electron chi connectivity index (χ4n) is 1.14. The van der Waals surface area contributed by atoms with Gasteiger partial charge in [0.05, 0.1) is 0 Å². The maximum Gasteiger partial charge on any atom is 0.168 e. The highest BCUT2D eigenvalue weighted by Crippen LogP contribution is 2.20. The smallest absolute Gasteiger partial charge is 0.168 e. The van der Waals surface area contributed by atoms with E-state index in [2.05, 4.69) is 0 Å². The van der Waals surface area contributed by atoms with Gasteiger partial charge in [0.2, 0.25) is 0 Å². The molecule has 0 spiro atoms. The molecule has 1 aromatic carbocycles. The molecule has 1 aromatic rings. The predicted octanol–water partition coefficient (Wildman–Crippen LogP) is 3.22. The van der Waals surface area contributed by atoms with Gasteiger partial charge in [-0.15, -0.1) is 0 Å². The topological polar surface area (TPSA) is 17.1 Å². The summed E-state index contributed by atoms with van der Waals surface area (Å²) in [6.45, 7) is 7.84. The van der Waals surface area contributed by atoms with Crippen LogP contribution in [0, 0.1) is 12.3 Å². The van der Waals surface area contributed by atoms with E-state index < -0.39 is 0 Å². The van der Waals surface area contributed by atoms with Crippen molar-refractivity contribution in [1.29, 1.82) is 0 Å². The van der Waals surface area contributed by atoms with Crippen LogP contribution < -0.4 is 0 Å². The summed E-state index contributed by atoms with van der Waals surface area (Å²) >= 11 is 0. The van der Waals surface area contributed by atoms with E-state index in [1.165, 1.54) is 5.56 Å². The molecule has 13 heavy (non-hydrogen) atoms. The number of hydrogen-bond acceptors (Lipinski definition) is 1. The molecular weight excluding hydrogens is 160 g/mol. The van der Waals surface area contributed by atoms with Crippen LogP contribution in [0.5, 0.6) is 0 Å². The molecular formula is C12H16O. The molecule has 0 unspecified atom stereocenters. The summed E-state index contributed by atoms with van der Waals surface area (Å²) in [7, 11) is 0. The summed E-state index contributed by atoms with van der Waals surface area (Å²) in [5.41, 5.74) is 1.71. The highest BCUT2D eigenvalue weighted by Gasteiger charge is 2.22. The summed E-state index contributed by atoms with van der Waals surface area (Å²) in [4.78, 5) is 11.8. The molecule has 1 heteroatoms. The molecule has 1 nitrogen and oxygen atoms in total. The van der Waals surface area contributed by atoms with Crippen molar-refractivity contribution >= 4 is 5.78 Å². The molecule has 0 heterocycles. The molecule has 0 aromatic heterocycles. The lowest BCUT2D eigenvalue weighted by molar-refractivity contribution is 0.0858. The van der Waals surface area contributed by atoms with Crippen molar-refractivity contribution in [2.45, 2.75) is 27.7 Å².